The molecule has 2 heterocycles. The summed E-state index contributed by atoms with van der Waals surface area (Å²) in [7, 11) is -3.96. The monoisotopic (exact) mass is 429 g/mol. The zero-order valence-electron chi connectivity index (χ0n) is 15.8. The van der Waals surface area contributed by atoms with Crippen LogP contribution in [0.2, 0.25) is 5.15 Å². The van der Waals surface area contributed by atoms with Gasteiger partial charge in [0, 0.05) is 13.1 Å². The molecule has 0 atom stereocenters. The summed E-state index contributed by atoms with van der Waals surface area (Å²) in [5, 5.41) is 1.92. The fraction of sp³-hybridized carbons (Fsp3) is 0.190. The zero-order valence-corrected chi connectivity index (χ0v) is 17.3. The van der Waals surface area contributed by atoms with E-state index in [4.69, 9.17) is 15.9 Å². The number of aryl methyl sites for hydroxylation is 1. The van der Waals surface area contributed by atoms with Crippen LogP contribution in [0, 0.1) is 6.92 Å². The number of hydrogen-bond donors (Lipinski definition) is 0. The van der Waals surface area contributed by atoms with Gasteiger partial charge >= 0.3 is 10.1 Å². The smallest absolute Gasteiger partial charge is 0.317 e. The number of rotatable bonds is 6. The first-order valence-electron chi connectivity index (χ1n) is 9.14. The highest BCUT2D eigenvalue weighted by Gasteiger charge is 2.36. The quantitative estimate of drug-likeness (QED) is 0.435. The summed E-state index contributed by atoms with van der Waals surface area (Å²) in [5.41, 5.74) is 2.59. The van der Waals surface area contributed by atoms with E-state index in [1.165, 1.54) is 5.06 Å². The van der Waals surface area contributed by atoms with E-state index in [0.717, 1.165) is 11.3 Å². The predicted octanol–water partition coefficient (Wildman–Crippen LogP) is 4.06. The molecule has 0 radical (unpaired) electrons. The van der Waals surface area contributed by atoms with Crippen molar-refractivity contribution in [1.29, 1.82) is 0 Å². The van der Waals surface area contributed by atoms with Gasteiger partial charge in [-0.25, -0.2) is 10.0 Å². The predicted molar refractivity (Wildman–Crippen MR) is 114 cm³/mol. The van der Waals surface area contributed by atoms with E-state index in [2.05, 4.69) is 9.88 Å². The number of anilines is 2. The summed E-state index contributed by atoms with van der Waals surface area (Å²) in [5.74, 6) is 0. The van der Waals surface area contributed by atoms with E-state index in [1.807, 2.05) is 43.3 Å². The Morgan fingerprint density at radius 2 is 1.72 bits per heavy atom. The maximum Gasteiger partial charge on any atom is 0.317 e. The van der Waals surface area contributed by atoms with Crippen molar-refractivity contribution in [3.63, 3.8) is 0 Å². The van der Waals surface area contributed by atoms with Crippen LogP contribution in [0.5, 0.6) is 0 Å². The topological polar surface area (TPSA) is 62.7 Å². The van der Waals surface area contributed by atoms with Gasteiger partial charge in [-0.15, -0.1) is 4.28 Å². The van der Waals surface area contributed by atoms with Crippen molar-refractivity contribution in [1.82, 2.24) is 4.98 Å². The van der Waals surface area contributed by atoms with Crippen molar-refractivity contribution < 1.29 is 12.7 Å². The van der Waals surface area contributed by atoms with Gasteiger partial charge in [-0.2, -0.15) is 8.42 Å². The molecular weight excluding hydrogens is 410 g/mol. The standard InChI is InChI=1S/C21H20ClN3O3S/c1-16-7-10-20(11-8-16)29(26,27)28-25(17-5-3-2-4-6-17)19-14-24(15-19)18-9-12-21(22)23-13-18/h2-13,19H,14-15H2,1H3. The molecular formula is C21H20ClN3O3S. The van der Waals surface area contributed by atoms with Crippen molar-refractivity contribution in [2.45, 2.75) is 17.9 Å². The molecule has 1 aliphatic rings. The number of pyridine rings is 1. The highest BCUT2D eigenvalue weighted by molar-refractivity contribution is 7.86. The lowest BCUT2D eigenvalue weighted by molar-refractivity contribution is 0.226. The van der Waals surface area contributed by atoms with Crippen molar-refractivity contribution in [2.24, 2.45) is 0 Å². The van der Waals surface area contributed by atoms with Gasteiger partial charge in [-0.05, 0) is 43.3 Å². The van der Waals surface area contributed by atoms with Crippen LogP contribution in [0.3, 0.4) is 0 Å². The second-order valence-corrected chi connectivity index (χ2v) is 8.82. The molecule has 1 fully saturated rings. The number of hydrogen-bond acceptors (Lipinski definition) is 6. The Hall–Kier alpha value is -2.61. The lowest BCUT2D eigenvalue weighted by Crippen LogP contribution is -2.60. The van der Waals surface area contributed by atoms with Crippen LogP contribution in [-0.4, -0.2) is 32.5 Å². The lowest BCUT2D eigenvalue weighted by Gasteiger charge is -2.45. The van der Waals surface area contributed by atoms with E-state index >= 15 is 0 Å². The highest BCUT2D eigenvalue weighted by Crippen LogP contribution is 2.29. The molecule has 1 aromatic heterocycles. The van der Waals surface area contributed by atoms with E-state index in [0.29, 0.717) is 23.9 Å². The minimum atomic E-state index is -3.96. The maximum atomic E-state index is 12.9. The van der Waals surface area contributed by atoms with E-state index in [9.17, 15) is 8.42 Å². The first-order chi connectivity index (χ1) is 13.9. The Kier molecular flexibility index (Phi) is 5.45. The van der Waals surface area contributed by atoms with Gasteiger partial charge in [0.05, 0.1) is 28.5 Å². The summed E-state index contributed by atoms with van der Waals surface area (Å²) in [4.78, 5) is 6.32. The third-order valence-electron chi connectivity index (χ3n) is 4.77. The molecule has 0 saturated carbocycles. The summed E-state index contributed by atoms with van der Waals surface area (Å²) < 4.78 is 31.3. The molecule has 0 amide bonds. The summed E-state index contributed by atoms with van der Waals surface area (Å²) in [6.45, 7) is 3.10. The Morgan fingerprint density at radius 3 is 2.34 bits per heavy atom. The van der Waals surface area contributed by atoms with Gasteiger partial charge in [0.25, 0.3) is 0 Å². The van der Waals surface area contributed by atoms with Crippen molar-refractivity contribution in [3.8, 4) is 0 Å². The van der Waals surface area contributed by atoms with Crippen molar-refractivity contribution in [2.75, 3.05) is 23.1 Å². The molecule has 2 aromatic carbocycles. The highest BCUT2D eigenvalue weighted by atomic mass is 35.5. The number of benzene rings is 2. The molecule has 1 aliphatic heterocycles. The Morgan fingerprint density at radius 1 is 1.03 bits per heavy atom. The van der Waals surface area contributed by atoms with Crippen LogP contribution in [-0.2, 0) is 14.4 Å². The summed E-state index contributed by atoms with van der Waals surface area (Å²) in [6.07, 6.45) is 1.70. The molecule has 29 heavy (non-hydrogen) atoms. The van der Waals surface area contributed by atoms with Gasteiger partial charge in [0.15, 0.2) is 0 Å². The van der Waals surface area contributed by atoms with Gasteiger partial charge in [-0.3, -0.25) is 0 Å². The number of nitrogens with zero attached hydrogens (tertiary/aromatic N) is 3. The molecule has 0 bridgehead atoms. The third-order valence-corrected chi connectivity index (χ3v) is 6.20. The zero-order chi connectivity index (χ0) is 20.4. The Balaban J connectivity index is 1.55. The summed E-state index contributed by atoms with van der Waals surface area (Å²) >= 11 is 5.85. The average Bonchev–Trinajstić information content (AvgIpc) is 2.68. The average molecular weight is 430 g/mol. The Labute approximate surface area is 175 Å². The fourth-order valence-electron chi connectivity index (χ4n) is 3.11. The number of aromatic nitrogens is 1. The number of halogens is 1. The number of para-hydroxylation sites is 1. The molecule has 8 heteroatoms. The van der Waals surface area contributed by atoms with Crippen LogP contribution in [0.1, 0.15) is 5.56 Å². The van der Waals surface area contributed by atoms with Crippen molar-refractivity contribution in [3.05, 3.63) is 83.6 Å². The van der Waals surface area contributed by atoms with Crippen LogP contribution < -0.4 is 9.96 Å². The molecule has 3 aromatic rings. The van der Waals surface area contributed by atoms with Crippen LogP contribution in [0.4, 0.5) is 11.4 Å². The van der Waals surface area contributed by atoms with Crippen molar-refractivity contribution >= 4 is 33.1 Å². The van der Waals surface area contributed by atoms with Gasteiger partial charge in [0.2, 0.25) is 0 Å². The SMILES string of the molecule is Cc1ccc(S(=O)(=O)ON(c2ccccc2)C2CN(c3ccc(Cl)nc3)C2)cc1. The molecule has 150 valence electrons. The Bertz CT molecular complexity index is 1070. The van der Waals surface area contributed by atoms with E-state index in [-0.39, 0.29) is 10.9 Å². The summed E-state index contributed by atoms with van der Waals surface area (Å²) in [6, 6.07) is 19.3. The minimum absolute atomic E-state index is 0.127. The van der Waals surface area contributed by atoms with Gasteiger partial charge in [0.1, 0.15) is 5.15 Å². The molecule has 0 spiro atoms. The lowest BCUT2D eigenvalue weighted by atomic mass is 10.1. The van der Waals surface area contributed by atoms with Crippen LogP contribution in [0.25, 0.3) is 0 Å². The second-order valence-electron chi connectivity index (χ2n) is 6.90. The van der Waals surface area contributed by atoms with Crippen LogP contribution in [0.15, 0.2) is 77.8 Å². The maximum absolute atomic E-state index is 12.9. The molecule has 6 nitrogen and oxygen atoms in total. The largest absolute Gasteiger partial charge is 0.366 e. The van der Waals surface area contributed by atoms with E-state index in [1.54, 1.807) is 36.5 Å². The molecule has 0 N–H and O–H groups in total. The molecule has 4 rings (SSSR count). The third kappa shape index (κ3) is 4.37. The van der Waals surface area contributed by atoms with E-state index < -0.39 is 10.1 Å². The van der Waals surface area contributed by atoms with Gasteiger partial charge < -0.3 is 4.90 Å². The molecule has 1 saturated heterocycles. The first-order valence-corrected chi connectivity index (χ1v) is 10.9. The molecule has 0 unspecified atom stereocenters. The first kappa shape index (κ1) is 19.7. The second kappa shape index (κ2) is 8.02. The normalized spacial score (nSPS) is 14.5. The van der Waals surface area contributed by atoms with Gasteiger partial charge in [-0.1, -0.05) is 47.5 Å². The fourth-order valence-corrected chi connectivity index (χ4v) is 4.20. The molecule has 0 aliphatic carbocycles. The van der Waals surface area contributed by atoms with Crippen LogP contribution >= 0.6 is 11.6 Å². The number of hydroxylamine groups is 1. The minimum Gasteiger partial charge on any atom is -0.366 e.